The Morgan fingerprint density at radius 2 is 1.92 bits per heavy atom. The molecule has 0 bridgehead atoms. The fourth-order valence-corrected chi connectivity index (χ4v) is 3.18. The molecule has 0 N–H and O–H groups in total. The van der Waals surface area contributed by atoms with Gasteiger partial charge in [-0.1, -0.05) is 18.2 Å². The van der Waals surface area contributed by atoms with Crippen LogP contribution in [0.4, 0.5) is 0 Å². The minimum Gasteiger partial charge on any atom is -0.224 e. The molecule has 2 nitrogen and oxygen atoms in total. The molecule has 1 aromatic rings. The molecule has 0 unspecified atom stereocenters. The van der Waals surface area contributed by atoms with Crippen LogP contribution >= 0.6 is 0 Å². The summed E-state index contributed by atoms with van der Waals surface area (Å²) in [7, 11) is -2.94. The standard InChI is InChI=1S/C9H10O2S/c10-12(11)7-3-5-8-4-1-2-6-9(8)12/h1-2,4,6H,3,5,7H2. The van der Waals surface area contributed by atoms with Crippen molar-refractivity contribution in [2.24, 2.45) is 0 Å². The second-order valence-electron chi connectivity index (χ2n) is 3.03. The van der Waals surface area contributed by atoms with Gasteiger partial charge in [0.2, 0.25) is 0 Å². The molecule has 1 aliphatic rings. The molecule has 2 rings (SSSR count). The van der Waals surface area contributed by atoms with Crippen molar-refractivity contribution in [1.29, 1.82) is 0 Å². The monoisotopic (exact) mass is 182 g/mol. The molecule has 0 spiro atoms. The first-order valence-electron chi connectivity index (χ1n) is 4.01. The van der Waals surface area contributed by atoms with Crippen molar-refractivity contribution < 1.29 is 8.42 Å². The Kier molecular flexibility index (Phi) is 1.68. The highest BCUT2D eigenvalue weighted by Gasteiger charge is 2.21. The van der Waals surface area contributed by atoms with Crippen LogP contribution in [0.25, 0.3) is 0 Å². The summed E-state index contributed by atoms with van der Waals surface area (Å²) in [6, 6.07) is 7.26. The first kappa shape index (κ1) is 7.80. The highest BCUT2D eigenvalue weighted by Crippen LogP contribution is 2.23. The average molecular weight is 182 g/mol. The van der Waals surface area contributed by atoms with Gasteiger partial charge in [0.05, 0.1) is 10.6 Å². The van der Waals surface area contributed by atoms with E-state index in [9.17, 15) is 8.42 Å². The van der Waals surface area contributed by atoms with E-state index >= 15 is 0 Å². The number of rotatable bonds is 0. The Morgan fingerprint density at radius 3 is 2.67 bits per heavy atom. The normalized spacial score (nSPS) is 20.0. The summed E-state index contributed by atoms with van der Waals surface area (Å²) in [6.07, 6.45) is 1.66. The zero-order valence-electron chi connectivity index (χ0n) is 6.66. The van der Waals surface area contributed by atoms with Crippen molar-refractivity contribution in [2.75, 3.05) is 5.75 Å². The summed E-state index contributed by atoms with van der Waals surface area (Å²) < 4.78 is 22.9. The van der Waals surface area contributed by atoms with Crippen LogP contribution in [0.5, 0.6) is 0 Å². The van der Waals surface area contributed by atoms with Crippen LogP contribution in [0.15, 0.2) is 29.2 Å². The maximum absolute atomic E-state index is 11.5. The van der Waals surface area contributed by atoms with E-state index < -0.39 is 9.84 Å². The van der Waals surface area contributed by atoms with E-state index in [4.69, 9.17) is 0 Å². The molecule has 1 heterocycles. The van der Waals surface area contributed by atoms with E-state index in [0.717, 1.165) is 18.4 Å². The Bertz CT molecular complexity index is 393. The van der Waals surface area contributed by atoms with E-state index in [1.165, 1.54) is 0 Å². The van der Waals surface area contributed by atoms with Crippen LogP contribution in [0.1, 0.15) is 12.0 Å². The van der Waals surface area contributed by atoms with Crippen LogP contribution in [-0.4, -0.2) is 14.2 Å². The second kappa shape index (κ2) is 2.59. The van der Waals surface area contributed by atoms with Crippen molar-refractivity contribution >= 4 is 9.84 Å². The van der Waals surface area contributed by atoms with E-state index in [2.05, 4.69) is 0 Å². The third-order valence-electron chi connectivity index (χ3n) is 2.17. The number of fused-ring (bicyclic) bond motifs is 1. The maximum atomic E-state index is 11.5. The highest BCUT2D eigenvalue weighted by molar-refractivity contribution is 7.91. The number of benzene rings is 1. The van der Waals surface area contributed by atoms with E-state index in [1.807, 2.05) is 12.1 Å². The lowest BCUT2D eigenvalue weighted by molar-refractivity contribution is 0.586. The lowest BCUT2D eigenvalue weighted by atomic mass is 10.1. The van der Waals surface area contributed by atoms with Crippen LogP contribution in [0.3, 0.4) is 0 Å². The topological polar surface area (TPSA) is 34.1 Å². The van der Waals surface area contributed by atoms with Crippen LogP contribution in [-0.2, 0) is 16.3 Å². The van der Waals surface area contributed by atoms with Crippen LogP contribution in [0.2, 0.25) is 0 Å². The Labute approximate surface area is 72.1 Å². The van der Waals surface area contributed by atoms with Gasteiger partial charge in [0, 0.05) is 0 Å². The molecule has 0 saturated carbocycles. The van der Waals surface area contributed by atoms with Gasteiger partial charge < -0.3 is 0 Å². The zero-order chi connectivity index (χ0) is 8.60. The van der Waals surface area contributed by atoms with Gasteiger partial charge in [-0.25, -0.2) is 8.42 Å². The molecule has 0 radical (unpaired) electrons. The first-order chi connectivity index (χ1) is 5.70. The van der Waals surface area contributed by atoms with E-state index in [0.29, 0.717) is 10.6 Å². The molecule has 0 saturated heterocycles. The average Bonchev–Trinajstić information content (AvgIpc) is 2.04. The third kappa shape index (κ3) is 1.14. The fraction of sp³-hybridized carbons (Fsp3) is 0.333. The Hall–Kier alpha value is -0.830. The van der Waals surface area contributed by atoms with Gasteiger partial charge in [-0.15, -0.1) is 0 Å². The third-order valence-corrected chi connectivity index (χ3v) is 4.06. The molecule has 0 aromatic heterocycles. The van der Waals surface area contributed by atoms with Crippen molar-refractivity contribution in [3.05, 3.63) is 29.8 Å². The highest BCUT2D eigenvalue weighted by atomic mass is 32.2. The van der Waals surface area contributed by atoms with Gasteiger partial charge in [-0.05, 0) is 24.5 Å². The summed E-state index contributed by atoms with van der Waals surface area (Å²) in [5, 5.41) is 0. The number of hydrogen-bond donors (Lipinski definition) is 0. The Balaban J connectivity index is 2.67. The molecular formula is C9H10O2S. The lowest BCUT2D eigenvalue weighted by Crippen LogP contribution is -2.15. The molecule has 12 heavy (non-hydrogen) atoms. The molecule has 3 heteroatoms. The molecule has 0 aliphatic carbocycles. The summed E-state index contributed by atoms with van der Waals surface area (Å²) in [5.74, 6) is 0.310. The minimum absolute atomic E-state index is 0.310. The minimum atomic E-state index is -2.94. The predicted octanol–water partition coefficient (Wildman–Crippen LogP) is 1.41. The number of sulfone groups is 1. The van der Waals surface area contributed by atoms with Crippen molar-refractivity contribution in [3.63, 3.8) is 0 Å². The van der Waals surface area contributed by atoms with Gasteiger partial charge in [0.15, 0.2) is 9.84 Å². The fourth-order valence-electron chi connectivity index (χ4n) is 1.58. The molecule has 0 fully saturated rings. The van der Waals surface area contributed by atoms with Gasteiger partial charge in [-0.2, -0.15) is 0 Å². The lowest BCUT2D eigenvalue weighted by Gasteiger charge is -2.14. The molecule has 0 atom stereocenters. The van der Waals surface area contributed by atoms with Crippen molar-refractivity contribution in [1.82, 2.24) is 0 Å². The van der Waals surface area contributed by atoms with Crippen molar-refractivity contribution in [3.8, 4) is 0 Å². The van der Waals surface area contributed by atoms with Crippen LogP contribution in [0, 0.1) is 0 Å². The number of aryl methyl sites for hydroxylation is 1. The summed E-state index contributed by atoms with van der Waals surface area (Å²) in [6.45, 7) is 0. The maximum Gasteiger partial charge on any atom is 0.178 e. The van der Waals surface area contributed by atoms with E-state index in [-0.39, 0.29) is 0 Å². The molecule has 64 valence electrons. The van der Waals surface area contributed by atoms with Gasteiger partial charge in [0.1, 0.15) is 0 Å². The SMILES string of the molecule is O=S1(=O)CCCc2ccccc21. The van der Waals surface area contributed by atoms with Crippen molar-refractivity contribution in [2.45, 2.75) is 17.7 Å². The second-order valence-corrected chi connectivity index (χ2v) is 5.11. The quantitative estimate of drug-likeness (QED) is 0.608. The molecule has 0 amide bonds. The molecule has 1 aromatic carbocycles. The summed E-state index contributed by atoms with van der Waals surface area (Å²) in [5.41, 5.74) is 0.976. The molecule has 1 aliphatic heterocycles. The summed E-state index contributed by atoms with van der Waals surface area (Å²) >= 11 is 0. The Morgan fingerprint density at radius 1 is 1.17 bits per heavy atom. The summed E-state index contributed by atoms with van der Waals surface area (Å²) in [4.78, 5) is 0.538. The first-order valence-corrected chi connectivity index (χ1v) is 5.66. The molecular weight excluding hydrogens is 172 g/mol. The van der Waals surface area contributed by atoms with Gasteiger partial charge in [-0.3, -0.25) is 0 Å². The predicted molar refractivity (Wildman–Crippen MR) is 46.8 cm³/mol. The zero-order valence-corrected chi connectivity index (χ0v) is 7.47. The van der Waals surface area contributed by atoms with Crippen LogP contribution < -0.4 is 0 Å². The van der Waals surface area contributed by atoms with E-state index in [1.54, 1.807) is 12.1 Å². The smallest absolute Gasteiger partial charge is 0.178 e. The van der Waals surface area contributed by atoms with Gasteiger partial charge >= 0.3 is 0 Å². The van der Waals surface area contributed by atoms with Gasteiger partial charge in [0.25, 0.3) is 0 Å². The number of hydrogen-bond acceptors (Lipinski definition) is 2. The largest absolute Gasteiger partial charge is 0.224 e.